The molecule has 2 aliphatic rings. The molecule has 0 saturated carbocycles. The molecule has 0 unspecified atom stereocenters. The maximum Gasteiger partial charge on any atom is 0.254 e. The van der Waals surface area contributed by atoms with E-state index in [2.05, 4.69) is 11.4 Å². The Labute approximate surface area is 124 Å². The van der Waals surface area contributed by atoms with E-state index < -0.39 is 0 Å². The summed E-state index contributed by atoms with van der Waals surface area (Å²) in [5.41, 5.74) is 8.57. The van der Waals surface area contributed by atoms with Crippen LogP contribution >= 0.6 is 0 Å². The maximum atomic E-state index is 12.7. The lowest BCUT2D eigenvalue weighted by molar-refractivity contribution is -0.123. The van der Waals surface area contributed by atoms with Gasteiger partial charge in [-0.05, 0) is 43.0 Å². The van der Waals surface area contributed by atoms with Gasteiger partial charge in [-0.1, -0.05) is 12.1 Å². The number of fused-ring (bicyclic) bond motifs is 1. The Hall–Kier alpha value is -1.88. The molecule has 0 spiro atoms. The summed E-state index contributed by atoms with van der Waals surface area (Å²) >= 11 is 0. The number of hydrogen-bond donors (Lipinski definition) is 2. The zero-order valence-electron chi connectivity index (χ0n) is 12.1. The zero-order valence-corrected chi connectivity index (χ0v) is 12.1. The Bertz CT molecular complexity index is 563. The number of rotatable bonds is 2. The molecule has 2 heterocycles. The number of amides is 2. The number of piperidine rings is 1. The quantitative estimate of drug-likeness (QED) is 0.839. The van der Waals surface area contributed by atoms with Crippen LogP contribution in [0.4, 0.5) is 0 Å². The minimum atomic E-state index is -0.245. The van der Waals surface area contributed by atoms with Crippen molar-refractivity contribution < 1.29 is 9.59 Å². The molecule has 3 N–H and O–H groups in total. The summed E-state index contributed by atoms with van der Waals surface area (Å²) in [5, 5.41) is 3.33. The Morgan fingerprint density at radius 3 is 2.71 bits per heavy atom. The monoisotopic (exact) mass is 287 g/mol. The average Bonchev–Trinajstić information content (AvgIpc) is 2.53. The lowest BCUT2D eigenvalue weighted by Gasteiger charge is -2.31. The minimum absolute atomic E-state index is 0.0806. The number of carbonyl (C=O) groups is 2. The van der Waals surface area contributed by atoms with Gasteiger partial charge in [-0.3, -0.25) is 9.59 Å². The number of primary amides is 1. The van der Waals surface area contributed by atoms with Crippen molar-refractivity contribution in [3.63, 3.8) is 0 Å². The highest BCUT2D eigenvalue weighted by Gasteiger charge is 2.28. The number of carbonyl (C=O) groups excluding carboxylic acids is 2. The Morgan fingerprint density at radius 1 is 1.24 bits per heavy atom. The highest BCUT2D eigenvalue weighted by molar-refractivity contribution is 5.96. The second-order valence-electron chi connectivity index (χ2n) is 5.84. The van der Waals surface area contributed by atoms with E-state index in [-0.39, 0.29) is 17.7 Å². The Kier molecular flexibility index (Phi) is 3.92. The van der Waals surface area contributed by atoms with E-state index in [0.29, 0.717) is 25.9 Å². The Balaban J connectivity index is 1.76. The molecule has 0 bridgehead atoms. The van der Waals surface area contributed by atoms with Crippen molar-refractivity contribution >= 4 is 11.8 Å². The second kappa shape index (κ2) is 5.85. The zero-order chi connectivity index (χ0) is 14.8. The molecular weight excluding hydrogens is 266 g/mol. The summed E-state index contributed by atoms with van der Waals surface area (Å²) in [5.74, 6) is -0.232. The molecule has 1 fully saturated rings. The van der Waals surface area contributed by atoms with Crippen LogP contribution in [0.15, 0.2) is 18.2 Å². The van der Waals surface area contributed by atoms with Crippen molar-refractivity contribution in [3.8, 4) is 0 Å². The first-order valence-electron chi connectivity index (χ1n) is 7.57. The largest absolute Gasteiger partial charge is 0.369 e. The molecule has 0 aliphatic carbocycles. The normalized spacial score (nSPS) is 19.1. The molecule has 1 aromatic carbocycles. The number of hydrogen-bond acceptors (Lipinski definition) is 3. The first-order valence-corrected chi connectivity index (χ1v) is 7.57. The molecule has 3 rings (SSSR count). The molecule has 5 heteroatoms. The van der Waals surface area contributed by atoms with E-state index >= 15 is 0 Å². The molecule has 112 valence electrons. The van der Waals surface area contributed by atoms with Crippen LogP contribution in [0.3, 0.4) is 0 Å². The average molecular weight is 287 g/mol. The van der Waals surface area contributed by atoms with Gasteiger partial charge in [0.05, 0.1) is 0 Å². The van der Waals surface area contributed by atoms with Crippen molar-refractivity contribution in [2.75, 3.05) is 19.6 Å². The smallest absolute Gasteiger partial charge is 0.254 e. The van der Waals surface area contributed by atoms with Crippen molar-refractivity contribution in [1.82, 2.24) is 10.2 Å². The fourth-order valence-corrected chi connectivity index (χ4v) is 3.27. The topological polar surface area (TPSA) is 75.4 Å². The van der Waals surface area contributed by atoms with Crippen LogP contribution in [0.1, 0.15) is 34.3 Å². The van der Waals surface area contributed by atoms with E-state index in [1.54, 1.807) is 0 Å². The van der Waals surface area contributed by atoms with E-state index in [1.165, 1.54) is 11.1 Å². The maximum absolute atomic E-state index is 12.7. The number of nitrogens with two attached hydrogens (primary N) is 1. The van der Waals surface area contributed by atoms with Gasteiger partial charge in [0.25, 0.3) is 5.91 Å². The van der Waals surface area contributed by atoms with Crippen LogP contribution in [0.5, 0.6) is 0 Å². The first-order chi connectivity index (χ1) is 10.2. The van der Waals surface area contributed by atoms with Gasteiger partial charge in [0.15, 0.2) is 0 Å². The van der Waals surface area contributed by atoms with Crippen molar-refractivity contribution in [2.45, 2.75) is 25.8 Å². The Morgan fingerprint density at radius 2 is 2.00 bits per heavy atom. The molecule has 1 aromatic rings. The summed E-state index contributed by atoms with van der Waals surface area (Å²) in [6.45, 7) is 2.99. The van der Waals surface area contributed by atoms with E-state index in [9.17, 15) is 9.59 Å². The highest BCUT2D eigenvalue weighted by Crippen LogP contribution is 2.23. The molecule has 0 aromatic heterocycles. The van der Waals surface area contributed by atoms with Crippen molar-refractivity contribution in [3.05, 3.63) is 34.9 Å². The summed E-state index contributed by atoms with van der Waals surface area (Å²) in [7, 11) is 0. The van der Waals surface area contributed by atoms with Crippen LogP contribution in [0.25, 0.3) is 0 Å². The number of nitrogens with one attached hydrogen (secondary N) is 1. The predicted molar refractivity (Wildman–Crippen MR) is 79.7 cm³/mol. The molecule has 1 saturated heterocycles. The van der Waals surface area contributed by atoms with Gasteiger partial charge >= 0.3 is 0 Å². The third kappa shape index (κ3) is 2.78. The van der Waals surface area contributed by atoms with Crippen LogP contribution in [-0.2, 0) is 17.8 Å². The number of benzene rings is 1. The predicted octanol–water partition coefficient (Wildman–Crippen LogP) is 0.670. The van der Waals surface area contributed by atoms with Gasteiger partial charge in [-0.2, -0.15) is 0 Å². The molecule has 0 atom stereocenters. The lowest BCUT2D eigenvalue weighted by atomic mass is 9.92. The molecular formula is C16H21N3O2. The van der Waals surface area contributed by atoms with Gasteiger partial charge in [-0.25, -0.2) is 0 Å². The van der Waals surface area contributed by atoms with E-state index in [0.717, 1.165) is 25.1 Å². The third-order valence-corrected chi connectivity index (χ3v) is 4.56. The van der Waals surface area contributed by atoms with Gasteiger partial charge in [-0.15, -0.1) is 0 Å². The molecule has 5 nitrogen and oxygen atoms in total. The van der Waals surface area contributed by atoms with Crippen LogP contribution < -0.4 is 11.1 Å². The SMILES string of the molecule is NC(=O)C1CCN(C(=O)c2cccc3c2CCNC3)CC1. The standard InChI is InChI=1S/C16H21N3O2/c17-15(20)11-5-8-19(9-6-11)16(21)14-3-1-2-12-10-18-7-4-13(12)14/h1-3,11,18H,4-10H2,(H2,17,20). The minimum Gasteiger partial charge on any atom is -0.369 e. The highest BCUT2D eigenvalue weighted by atomic mass is 16.2. The molecule has 2 aliphatic heterocycles. The summed E-state index contributed by atoms with van der Waals surface area (Å²) < 4.78 is 0. The fraction of sp³-hybridized carbons (Fsp3) is 0.500. The summed E-state index contributed by atoms with van der Waals surface area (Å²) in [6.07, 6.45) is 2.25. The molecule has 0 radical (unpaired) electrons. The molecule has 21 heavy (non-hydrogen) atoms. The summed E-state index contributed by atoms with van der Waals surface area (Å²) in [4.78, 5) is 25.8. The third-order valence-electron chi connectivity index (χ3n) is 4.56. The molecule has 2 amide bonds. The van der Waals surface area contributed by atoms with Gasteiger partial charge in [0.1, 0.15) is 0 Å². The van der Waals surface area contributed by atoms with Crippen LogP contribution in [-0.4, -0.2) is 36.3 Å². The second-order valence-corrected chi connectivity index (χ2v) is 5.84. The van der Waals surface area contributed by atoms with Crippen molar-refractivity contribution in [1.29, 1.82) is 0 Å². The number of nitrogens with zero attached hydrogens (tertiary/aromatic N) is 1. The van der Waals surface area contributed by atoms with E-state index in [4.69, 9.17) is 5.73 Å². The van der Waals surface area contributed by atoms with E-state index in [1.807, 2.05) is 17.0 Å². The van der Waals surface area contributed by atoms with Gasteiger partial charge in [0, 0.05) is 31.1 Å². The van der Waals surface area contributed by atoms with Crippen LogP contribution in [0, 0.1) is 5.92 Å². The van der Waals surface area contributed by atoms with Gasteiger partial charge in [0.2, 0.25) is 5.91 Å². The summed E-state index contributed by atoms with van der Waals surface area (Å²) in [6, 6.07) is 5.96. The number of likely N-dealkylation sites (tertiary alicyclic amines) is 1. The fourth-order valence-electron chi connectivity index (χ4n) is 3.27. The van der Waals surface area contributed by atoms with Crippen LogP contribution in [0.2, 0.25) is 0 Å². The van der Waals surface area contributed by atoms with Crippen molar-refractivity contribution in [2.24, 2.45) is 11.7 Å². The van der Waals surface area contributed by atoms with Gasteiger partial charge < -0.3 is 16.0 Å². The first kappa shape index (κ1) is 14.1. The lowest BCUT2D eigenvalue weighted by Crippen LogP contribution is -2.42.